The van der Waals surface area contributed by atoms with E-state index in [1.165, 1.54) is 21.9 Å². The van der Waals surface area contributed by atoms with Crippen LogP contribution < -0.4 is 11.1 Å². The fourth-order valence-corrected chi connectivity index (χ4v) is 9.69. The standard InChI is InChI=1S/C35H44F2N6O4S3/c1-6-23-19-22(21-38)20-27(36)32(23)50(46,47)18-8-10-24-9-7-11-26(29(24)37)30-31(48-33(42-30)35(2,3)4)28-12-15-39-34(41-28)40-25-13-16-43(17-14-25)49(5,44)45/h7,9,11-12,15,19-20,25H,6,8,10,13-14,16-18,21,38H2,1-5H3,(H,39,40,41). The van der Waals surface area contributed by atoms with E-state index in [4.69, 9.17) is 15.7 Å². The molecule has 1 aliphatic rings. The van der Waals surface area contributed by atoms with Crippen molar-refractivity contribution >= 4 is 37.1 Å². The topological polar surface area (TPSA) is 148 Å². The molecule has 3 heterocycles. The summed E-state index contributed by atoms with van der Waals surface area (Å²) in [6, 6.07) is 9.51. The van der Waals surface area contributed by atoms with E-state index in [9.17, 15) is 21.2 Å². The Bertz CT molecular complexity index is 2070. The number of sulfone groups is 1. The molecular weight excluding hydrogens is 703 g/mol. The highest BCUT2D eigenvalue weighted by Gasteiger charge is 2.28. The second-order valence-electron chi connectivity index (χ2n) is 13.6. The largest absolute Gasteiger partial charge is 0.351 e. The maximum Gasteiger partial charge on any atom is 0.223 e. The summed E-state index contributed by atoms with van der Waals surface area (Å²) in [5.74, 6) is -1.28. The first-order chi connectivity index (χ1) is 23.5. The molecule has 270 valence electrons. The number of nitrogens with one attached hydrogen (secondary N) is 1. The number of hydrogen-bond acceptors (Lipinski definition) is 10. The van der Waals surface area contributed by atoms with E-state index >= 15 is 4.39 Å². The zero-order chi connectivity index (χ0) is 36.4. The van der Waals surface area contributed by atoms with Crippen LogP contribution in [0.4, 0.5) is 14.7 Å². The van der Waals surface area contributed by atoms with Gasteiger partial charge in [-0.15, -0.1) is 11.3 Å². The van der Waals surface area contributed by atoms with Crippen LogP contribution in [0.1, 0.15) is 68.7 Å². The zero-order valence-corrected chi connectivity index (χ0v) is 31.4. The van der Waals surface area contributed by atoms with Crippen molar-refractivity contribution in [3.05, 3.63) is 75.9 Å². The lowest BCUT2D eigenvalue weighted by molar-refractivity contribution is 0.331. The molecule has 1 aliphatic heterocycles. The molecule has 0 spiro atoms. The van der Waals surface area contributed by atoms with Gasteiger partial charge in [-0.1, -0.05) is 45.9 Å². The summed E-state index contributed by atoms with van der Waals surface area (Å²) in [4.78, 5) is 14.4. The summed E-state index contributed by atoms with van der Waals surface area (Å²) < 4.78 is 83.2. The van der Waals surface area contributed by atoms with Crippen LogP contribution in [-0.4, -0.2) is 67.2 Å². The Kier molecular flexibility index (Phi) is 11.4. The SMILES string of the molecule is CCc1cc(CN)cc(F)c1S(=O)(=O)CCCc1cccc(-c2nc(C(C)(C)C)sc2-c2ccnc(NC3CCN(S(C)(=O)=O)CC3)n2)c1F. The van der Waals surface area contributed by atoms with Crippen LogP contribution in [0, 0.1) is 11.6 Å². The van der Waals surface area contributed by atoms with Crippen molar-refractivity contribution in [3.63, 3.8) is 0 Å². The molecular formula is C35H44F2N6O4S3. The normalized spacial score (nSPS) is 15.0. The van der Waals surface area contributed by atoms with Gasteiger partial charge >= 0.3 is 0 Å². The molecule has 2 aromatic carbocycles. The number of halogens is 2. The number of aryl methyl sites for hydroxylation is 2. The number of nitrogens with zero attached hydrogens (tertiary/aromatic N) is 4. The molecule has 2 aromatic heterocycles. The van der Waals surface area contributed by atoms with Crippen molar-refractivity contribution in [2.24, 2.45) is 5.73 Å². The Hall–Kier alpha value is -3.37. The number of piperidine rings is 1. The van der Waals surface area contributed by atoms with Crippen LogP contribution in [0.3, 0.4) is 0 Å². The van der Waals surface area contributed by atoms with Gasteiger partial charge in [0.15, 0.2) is 9.84 Å². The van der Waals surface area contributed by atoms with E-state index in [2.05, 4.69) is 10.3 Å². The van der Waals surface area contributed by atoms with Crippen LogP contribution >= 0.6 is 11.3 Å². The predicted octanol–water partition coefficient (Wildman–Crippen LogP) is 6.11. The summed E-state index contributed by atoms with van der Waals surface area (Å²) in [6.45, 7) is 8.75. The number of rotatable bonds is 12. The lowest BCUT2D eigenvalue weighted by atomic mass is 9.98. The average Bonchev–Trinajstić information content (AvgIpc) is 3.51. The fraction of sp³-hybridized carbons (Fsp3) is 0.457. The van der Waals surface area contributed by atoms with Gasteiger partial charge in [0.2, 0.25) is 16.0 Å². The number of aromatic nitrogens is 3. The van der Waals surface area contributed by atoms with Gasteiger partial charge in [0.05, 0.1) is 33.3 Å². The molecule has 1 fully saturated rings. The molecule has 1 saturated heterocycles. The summed E-state index contributed by atoms with van der Waals surface area (Å²) >= 11 is 1.42. The third-order valence-electron chi connectivity index (χ3n) is 8.71. The number of hydrogen-bond donors (Lipinski definition) is 2. The van der Waals surface area contributed by atoms with Crippen molar-refractivity contribution in [2.75, 3.05) is 30.4 Å². The molecule has 0 amide bonds. The van der Waals surface area contributed by atoms with Crippen molar-refractivity contribution in [2.45, 2.75) is 82.7 Å². The smallest absolute Gasteiger partial charge is 0.223 e. The Morgan fingerprint density at radius 1 is 1.04 bits per heavy atom. The quantitative estimate of drug-likeness (QED) is 0.175. The molecule has 0 radical (unpaired) electrons. The van der Waals surface area contributed by atoms with Gasteiger partial charge in [0.1, 0.15) is 16.5 Å². The first-order valence-electron chi connectivity index (χ1n) is 16.6. The maximum atomic E-state index is 16.3. The predicted molar refractivity (Wildman–Crippen MR) is 194 cm³/mol. The van der Waals surface area contributed by atoms with Crippen LogP contribution in [0.25, 0.3) is 21.8 Å². The van der Waals surface area contributed by atoms with Crippen molar-refractivity contribution in [1.29, 1.82) is 0 Å². The molecule has 15 heteroatoms. The fourth-order valence-electron chi connectivity index (χ4n) is 6.02. The van der Waals surface area contributed by atoms with E-state index in [0.29, 0.717) is 71.3 Å². The maximum absolute atomic E-state index is 16.3. The van der Waals surface area contributed by atoms with Gasteiger partial charge in [-0.2, -0.15) is 0 Å². The minimum absolute atomic E-state index is 0.0115. The highest BCUT2D eigenvalue weighted by atomic mass is 32.2. The van der Waals surface area contributed by atoms with E-state index < -0.39 is 31.5 Å². The lowest BCUT2D eigenvalue weighted by Gasteiger charge is -2.30. The second kappa shape index (κ2) is 15.1. The van der Waals surface area contributed by atoms with Gasteiger partial charge in [-0.05, 0) is 67.0 Å². The molecule has 0 saturated carbocycles. The summed E-state index contributed by atoms with van der Waals surface area (Å²) in [5, 5.41) is 4.12. The van der Waals surface area contributed by atoms with Crippen LogP contribution in [0.15, 0.2) is 47.5 Å². The number of benzene rings is 2. The van der Waals surface area contributed by atoms with Crippen LogP contribution in [-0.2, 0) is 44.7 Å². The number of nitrogens with two attached hydrogens (primary N) is 1. The van der Waals surface area contributed by atoms with E-state index in [1.807, 2.05) is 20.8 Å². The third kappa shape index (κ3) is 8.56. The van der Waals surface area contributed by atoms with Crippen LogP contribution in [0.2, 0.25) is 0 Å². The molecule has 0 unspecified atom stereocenters. The first-order valence-corrected chi connectivity index (χ1v) is 20.9. The third-order valence-corrected chi connectivity index (χ3v) is 13.4. The highest BCUT2D eigenvalue weighted by Crippen LogP contribution is 2.41. The zero-order valence-electron chi connectivity index (χ0n) is 29.0. The summed E-state index contributed by atoms with van der Waals surface area (Å²) in [7, 11) is -7.23. The van der Waals surface area contributed by atoms with Crippen molar-refractivity contribution in [1.82, 2.24) is 19.3 Å². The van der Waals surface area contributed by atoms with Gasteiger partial charge in [-0.25, -0.2) is 44.9 Å². The number of anilines is 1. The van der Waals surface area contributed by atoms with E-state index in [-0.39, 0.29) is 47.1 Å². The molecule has 4 aromatic rings. The average molecular weight is 747 g/mol. The van der Waals surface area contributed by atoms with Crippen molar-refractivity contribution in [3.8, 4) is 21.8 Å². The van der Waals surface area contributed by atoms with Gasteiger partial charge < -0.3 is 11.1 Å². The Balaban J connectivity index is 1.40. The molecule has 3 N–H and O–H groups in total. The van der Waals surface area contributed by atoms with Crippen LogP contribution in [0.5, 0.6) is 0 Å². The highest BCUT2D eigenvalue weighted by molar-refractivity contribution is 7.91. The minimum Gasteiger partial charge on any atom is -0.351 e. The van der Waals surface area contributed by atoms with Gasteiger partial charge in [0.25, 0.3) is 0 Å². The second-order valence-corrected chi connectivity index (χ2v) is 18.6. The molecule has 5 rings (SSSR count). The van der Waals surface area contributed by atoms with E-state index in [0.717, 1.165) is 11.1 Å². The monoisotopic (exact) mass is 746 g/mol. The first kappa shape index (κ1) is 37.9. The Morgan fingerprint density at radius 2 is 1.76 bits per heavy atom. The molecule has 10 nitrogen and oxygen atoms in total. The van der Waals surface area contributed by atoms with Gasteiger partial charge in [-0.3, -0.25) is 0 Å². The number of thiazole rings is 1. The molecule has 50 heavy (non-hydrogen) atoms. The van der Waals surface area contributed by atoms with Crippen molar-refractivity contribution < 1.29 is 25.6 Å². The van der Waals surface area contributed by atoms with E-state index in [1.54, 1.807) is 43.5 Å². The van der Waals surface area contributed by atoms with Gasteiger partial charge in [0, 0.05) is 42.9 Å². The molecule has 0 aliphatic carbocycles. The Morgan fingerprint density at radius 3 is 2.40 bits per heavy atom. The molecule has 0 atom stereocenters. The lowest BCUT2D eigenvalue weighted by Crippen LogP contribution is -2.42. The minimum atomic E-state index is -3.98. The summed E-state index contributed by atoms with van der Waals surface area (Å²) in [5.41, 5.74) is 7.80. The molecule has 0 bridgehead atoms. The summed E-state index contributed by atoms with van der Waals surface area (Å²) in [6.07, 6.45) is 4.59. The number of sulfonamides is 1. The Labute approximate surface area is 297 Å².